The number of aromatic nitrogens is 1. The van der Waals surface area contributed by atoms with Crippen molar-refractivity contribution < 1.29 is 14.2 Å². The van der Waals surface area contributed by atoms with Gasteiger partial charge in [0.25, 0.3) is 0 Å². The highest BCUT2D eigenvalue weighted by molar-refractivity contribution is 6.29. The molecule has 1 atom stereocenters. The average molecular weight is 282 g/mol. The van der Waals surface area contributed by atoms with Crippen LogP contribution < -0.4 is 4.74 Å². The van der Waals surface area contributed by atoms with Crippen molar-refractivity contribution in [2.45, 2.75) is 12.5 Å². The van der Waals surface area contributed by atoms with Crippen LogP contribution in [0.5, 0.6) is 5.75 Å². The third kappa shape index (κ3) is 3.43. The minimum atomic E-state index is -0.756. The lowest BCUT2D eigenvalue weighted by molar-refractivity contribution is 0.178. The smallest absolute Gasteiger partial charge is 0.165 e. The molecule has 0 saturated heterocycles. The van der Waals surface area contributed by atoms with E-state index in [1.165, 1.54) is 25.4 Å². The van der Waals surface area contributed by atoms with Crippen molar-refractivity contribution in [1.29, 1.82) is 0 Å². The highest BCUT2D eigenvalue weighted by Gasteiger charge is 2.11. The summed E-state index contributed by atoms with van der Waals surface area (Å²) in [7, 11) is 1.41. The van der Waals surface area contributed by atoms with Crippen LogP contribution in [0, 0.1) is 5.82 Å². The summed E-state index contributed by atoms with van der Waals surface area (Å²) in [5.74, 6) is -0.259. The molecular weight excluding hydrogens is 269 g/mol. The third-order valence-electron chi connectivity index (χ3n) is 2.78. The number of hydrogen-bond donors (Lipinski definition) is 1. The van der Waals surface area contributed by atoms with Gasteiger partial charge in [-0.25, -0.2) is 9.37 Å². The number of aliphatic hydroxyl groups is 1. The van der Waals surface area contributed by atoms with Crippen molar-refractivity contribution in [2.75, 3.05) is 7.11 Å². The largest absolute Gasteiger partial charge is 0.494 e. The summed E-state index contributed by atoms with van der Waals surface area (Å²) in [6.45, 7) is 0. The molecule has 5 heteroatoms. The van der Waals surface area contributed by atoms with Gasteiger partial charge in [-0.15, -0.1) is 0 Å². The SMILES string of the molecule is COc1ccc(CC(O)c2ccnc(Cl)c2)cc1F. The molecule has 1 unspecified atom stereocenters. The number of benzene rings is 1. The van der Waals surface area contributed by atoms with Crippen molar-refractivity contribution in [3.63, 3.8) is 0 Å². The first-order valence-electron chi connectivity index (χ1n) is 5.72. The van der Waals surface area contributed by atoms with E-state index in [1.807, 2.05) is 0 Å². The van der Waals surface area contributed by atoms with Gasteiger partial charge in [-0.05, 0) is 35.4 Å². The summed E-state index contributed by atoms with van der Waals surface area (Å²) < 4.78 is 18.4. The molecule has 1 N–H and O–H groups in total. The van der Waals surface area contributed by atoms with Crippen molar-refractivity contribution in [3.05, 3.63) is 58.6 Å². The van der Waals surface area contributed by atoms with Gasteiger partial charge < -0.3 is 9.84 Å². The minimum absolute atomic E-state index is 0.185. The van der Waals surface area contributed by atoms with E-state index < -0.39 is 11.9 Å². The van der Waals surface area contributed by atoms with Crippen LogP contribution in [0.3, 0.4) is 0 Å². The molecule has 0 amide bonds. The predicted molar refractivity (Wildman–Crippen MR) is 70.9 cm³/mol. The maximum atomic E-state index is 13.5. The van der Waals surface area contributed by atoms with Gasteiger partial charge in [0.1, 0.15) is 5.15 Å². The van der Waals surface area contributed by atoms with Gasteiger partial charge in [-0.2, -0.15) is 0 Å². The fourth-order valence-electron chi connectivity index (χ4n) is 1.80. The van der Waals surface area contributed by atoms with Gasteiger partial charge in [0.05, 0.1) is 13.2 Å². The van der Waals surface area contributed by atoms with Crippen molar-refractivity contribution in [3.8, 4) is 5.75 Å². The molecule has 2 rings (SSSR count). The second kappa shape index (κ2) is 5.99. The number of hydrogen-bond acceptors (Lipinski definition) is 3. The van der Waals surface area contributed by atoms with Crippen LogP contribution in [0.15, 0.2) is 36.5 Å². The molecular formula is C14H13ClFNO2. The Kier molecular flexibility index (Phi) is 4.35. The first-order valence-corrected chi connectivity index (χ1v) is 6.10. The molecule has 3 nitrogen and oxygen atoms in total. The molecule has 1 aromatic heterocycles. The zero-order chi connectivity index (χ0) is 13.8. The second-order valence-corrected chi connectivity index (χ2v) is 4.49. The van der Waals surface area contributed by atoms with Gasteiger partial charge in [0.15, 0.2) is 11.6 Å². The Bertz CT molecular complexity index is 577. The van der Waals surface area contributed by atoms with Gasteiger partial charge in [-0.1, -0.05) is 17.7 Å². The predicted octanol–water partition coefficient (Wildman–Crippen LogP) is 3.16. The topological polar surface area (TPSA) is 42.4 Å². The maximum absolute atomic E-state index is 13.5. The fourth-order valence-corrected chi connectivity index (χ4v) is 1.99. The van der Waals surface area contributed by atoms with Crippen LogP contribution in [0.2, 0.25) is 5.15 Å². The molecule has 0 aliphatic heterocycles. The van der Waals surface area contributed by atoms with E-state index in [0.29, 0.717) is 22.7 Å². The molecule has 1 heterocycles. The van der Waals surface area contributed by atoms with E-state index in [0.717, 1.165) is 0 Å². The number of ether oxygens (including phenoxy) is 1. The van der Waals surface area contributed by atoms with Gasteiger partial charge in [0, 0.05) is 12.6 Å². The Hall–Kier alpha value is -1.65. The Morgan fingerprint density at radius 3 is 2.79 bits per heavy atom. The average Bonchev–Trinajstić information content (AvgIpc) is 2.39. The number of halogens is 2. The molecule has 100 valence electrons. The highest BCUT2D eigenvalue weighted by atomic mass is 35.5. The van der Waals surface area contributed by atoms with Crippen LogP contribution in [0.4, 0.5) is 4.39 Å². The molecule has 19 heavy (non-hydrogen) atoms. The summed E-state index contributed by atoms with van der Waals surface area (Å²) in [6.07, 6.45) is 1.06. The number of pyridine rings is 1. The summed E-state index contributed by atoms with van der Waals surface area (Å²) in [6, 6.07) is 7.87. The number of rotatable bonds is 4. The van der Waals surface area contributed by atoms with Crippen LogP contribution in [0.25, 0.3) is 0 Å². The molecule has 2 aromatic rings. The fraction of sp³-hybridized carbons (Fsp3) is 0.214. The van der Waals surface area contributed by atoms with E-state index in [4.69, 9.17) is 16.3 Å². The Labute approximate surface area is 115 Å². The summed E-state index contributed by atoms with van der Waals surface area (Å²) in [5.41, 5.74) is 1.33. The Morgan fingerprint density at radius 1 is 1.37 bits per heavy atom. The highest BCUT2D eigenvalue weighted by Crippen LogP contribution is 2.23. The summed E-state index contributed by atoms with van der Waals surface area (Å²) in [4.78, 5) is 3.84. The van der Waals surface area contributed by atoms with Crippen LogP contribution in [0.1, 0.15) is 17.2 Å². The van der Waals surface area contributed by atoms with Crippen molar-refractivity contribution in [1.82, 2.24) is 4.98 Å². The zero-order valence-corrected chi connectivity index (χ0v) is 11.1. The van der Waals surface area contributed by atoms with Gasteiger partial charge >= 0.3 is 0 Å². The second-order valence-electron chi connectivity index (χ2n) is 4.10. The number of aliphatic hydroxyl groups excluding tert-OH is 1. The van der Waals surface area contributed by atoms with Crippen molar-refractivity contribution >= 4 is 11.6 Å². The van der Waals surface area contributed by atoms with E-state index >= 15 is 0 Å². The molecule has 1 aromatic carbocycles. The van der Waals surface area contributed by atoms with Crippen LogP contribution in [-0.2, 0) is 6.42 Å². The normalized spacial score (nSPS) is 12.2. The Balaban J connectivity index is 2.14. The van der Waals surface area contributed by atoms with Gasteiger partial charge in [-0.3, -0.25) is 0 Å². The molecule has 0 fully saturated rings. The quantitative estimate of drug-likeness (QED) is 0.876. The van der Waals surface area contributed by atoms with E-state index in [-0.39, 0.29) is 5.75 Å². The summed E-state index contributed by atoms with van der Waals surface area (Å²) >= 11 is 5.76. The Morgan fingerprint density at radius 2 is 2.16 bits per heavy atom. The molecule has 0 bridgehead atoms. The summed E-state index contributed by atoms with van der Waals surface area (Å²) in [5, 5.41) is 10.4. The number of methoxy groups -OCH3 is 1. The lowest BCUT2D eigenvalue weighted by Crippen LogP contribution is -2.03. The maximum Gasteiger partial charge on any atom is 0.165 e. The van der Waals surface area contributed by atoms with E-state index in [9.17, 15) is 9.50 Å². The lowest BCUT2D eigenvalue weighted by atomic mass is 10.0. The van der Waals surface area contributed by atoms with Crippen LogP contribution >= 0.6 is 11.6 Å². The first-order chi connectivity index (χ1) is 9.10. The first kappa shape index (κ1) is 13.8. The number of nitrogens with zero attached hydrogens (tertiary/aromatic N) is 1. The standard InChI is InChI=1S/C14H13ClFNO2/c1-19-13-3-2-9(6-11(13)16)7-12(18)10-4-5-17-14(15)8-10/h2-6,8,12,18H,7H2,1H3. The molecule has 0 spiro atoms. The minimum Gasteiger partial charge on any atom is -0.494 e. The van der Waals surface area contributed by atoms with Crippen molar-refractivity contribution in [2.24, 2.45) is 0 Å². The van der Waals surface area contributed by atoms with E-state index in [1.54, 1.807) is 18.2 Å². The molecule has 0 saturated carbocycles. The van der Waals surface area contributed by atoms with Gasteiger partial charge in [0.2, 0.25) is 0 Å². The molecule has 0 radical (unpaired) electrons. The van der Waals surface area contributed by atoms with E-state index in [2.05, 4.69) is 4.98 Å². The zero-order valence-electron chi connectivity index (χ0n) is 10.3. The third-order valence-corrected chi connectivity index (χ3v) is 2.99. The monoisotopic (exact) mass is 281 g/mol. The van der Waals surface area contributed by atoms with Crippen LogP contribution in [-0.4, -0.2) is 17.2 Å². The molecule has 0 aliphatic carbocycles. The lowest BCUT2D eigenvalue weighted by Gasteiger charge is -2.12. The molecule has 0 aliphatic rings.